The number of rotatable bonds is 8. The number of aliphatic hydroxyl groups excluding tert-OH is 1. The SMILES string of the molecule is COc1cc(-c2cnc3cc(C(O)C4CCC4)ccn23)cc(OC(F)F)c1C(=O)NC1CC1. The van der Waals surface area contributed by atoms with Crippen molar-refractivity contribution in [2.45, 2.75) is 50.9 Å². The third-order valence-corrected chi connectivity index (χ3v) is 6.41. The van der Waals surface area contributed by atoms with Crippen molar-refractivity contribution < 1.29 is 28.2 Å². The summed E-state index contributed by atoms with van der Waals surface area (Å²) in [7, 11) is 1.38. The van der Waals surface area contributed by atoms with Crippen LogP contribution in [0.5, 0.6) is 11.5 Å². The number of fused-ring (bicyclic) bond motifs is 1. The molecule has 2 heterocycles. The van der Waals surface area contributed by atoms with E-state index in [-0.39, 0.29) is 29.0 Å². The molecule has 7 nitrogen and oxygen atoms in total. The number of amides is 1. The summed E-state index contributed by atoms with van der Waals surface area (Å²) in [5, 5.41) is 13.4. The number of methoxy groups -OCH3 is 1. The molecular weight excluding hydrogens is 432 g/mol. The second-order valence-electron chi connectivity index (χ2n) is 8.65. The van der Waals surface area contributed by atoms with Crippen LogP contribution in [0, 0.1) is 5.92 Å². The van der Waals surface area contributed by atoms with Gasteiger partial charge >= 0.3 is 6.61 Å². The number of benzene rings is 1. The van der Waals surface area contributed by atoms with Crippen LogP contribution >= 0.6 is 0 Å². The van der Waals surface area contributed by atoms with Gasteiger partial charge in [0.25, 0.3) is 5.91 Å². The summed E-state index contributed by atoms with van der Waals surface area (Å²) in [5.74, 6) is -0.364. The number of imidazole rings is 1. The van der Waals surface area contributed by atoms with E-state index in [0.717, 1.165) is 37.7 Å². The summed E-state index contributed by atoms with van der Waals surface area (Å²) in [5.41, 5.74) is 2.47. The highest BCUT2D eigenvalue weighted by molar-refractivity contribution is 6.01. The number of halogens is 2. The number of nitrogens with one attached hydrogen (secondary N) is 1. The third-order valence-electron chi connectivity index (χ3n) is 6.41. The van der Waals surface area contributed by atoms with Crippen LogP contribution in [0.15, 0.2) is 36.7 Å². The predicted molar refractivity (Wildman–Crippen MR) is 117 cm³/mol. The lowest BCUT2D eigenvalue weighted by Crippen LogP contribution is -2.26. The number of carbonyl (C=O) groups excluding carboxylic acids is 1. The first-order valence-corrected chi connectivity index (χ1v) is 11.1. The lowest BCUT2D eigenvalue weighted by molar-refractivity contribution is -0.0502. The maximum atomic E-state index is 13.2. The molecular formula is C24H25F2N3O4. The molecule has 2 aliphatic carbocycles. The Morgan fingerprint density at radius 3 is 2.61 bits per heavy atom. The molecule has 2 N–H and O–H groups in total. The molecule has 174 valence electrons. The van der Waals surface area contributed by atoms with E-state index in [1.165, 1.54) is 13.2 Å². The van der Waals surface area contributed by atoms with Crippen LogP contribution in [0.25, 0.3) is 16.9 Å². The van der Waals surface area contributed by atoms with Crippen molar-refractivity contribution in [2.24, 2.45) is 5.92 Å². The molecule has 2 aliphatic rings. The molecule has 33 heavy (non-hydrogen) atoms. The number of aromatic nitrogens is 2. The topological polar surface area (TPSA) is 85.1 Å². The quantitative estimate of drug-likeness (QED) is 0.526. The summed E-state index contributed by atoms with van der Waals surface area (Å²) in [6.07, 6.45) is 7.75. The van der Waals surface area contributed by atoms with E-state index in [4.69, 9.17) is 9.47 Å². The van der Waals surface area contributed by atoms with E-state index in [2.05, 4.69) is 10.3 Å². The van der Waals surface area contributed by atoms with Crippen LogP contribution in [0.2, 0.25) is 0 Å². The molecule has 1 aromatic carbocycles. The summed E-state index contributed by atoms with van der Waals surface area (Å²) < 4.78 is 38.3. The lowest BCUT2D eigenvalue weighted by atomic mass is 9.79. The molecule has 2 aromatic heterocycles. The maximum absolute atomic E-state index is 13.2. The number of nitrogens with zero attached hydrogens (tertiary/aromatic N) is 2. The van der Waals surface area contributed by atoms with Gasteiger partial charge in [-0.15, -0.1) is 0 Å². The molecule has 0 spiro atoms. The average molecular weight is 457 g/mol. The summed E-state index contributed by atoms with van der Waals surface area (Å²) in [6.45, 7) is -3.10. The molecule has 1 atom stereocenters. The Balaban J connectivity index is 1.54. The monoisotopic (exact) mass is 457 g/mol. The number of alkyl halides is 2. The van der Waals surface area contributed by atoms with Crippen molar-refractivity contribution in [3.63, 3.8) is 0 Å². The number of hydrogen-bond donors (Lipinski definition) is 2. The standard InChI is InChI=1S/C24H25F2N3O4/c1-32-18-9-15(10-19(33-24(25)26)21(18)23(31)28-16-5-6-16)17-12-27-20-11-14(7-8-29(17)20)22(30)13-3-2-4-13/h7-13,16,22,24,30H,2-6H2,1H3,(H,28,31). The highest BCUT2D eigenvalue weighted by atomic mass is 19.3. The van der Waals surface area contributed by atoms with Gasteiger partial charge in [-0.1, -0.05) is 6.42 Å². The first-order chi connectivity index (χ1) is 15.9. The molecule has 0 radical (unpaired) electrons. The second kappa shape index (κ2) is 8.62. The van der Waals surface area contributed by atoms with Crippen LogP contribution in [0.3, 0.4) is 0 Å². The average Bonchev–Trinajstić information content (AvgIpc) is 3.46. The van der Waals surface area contributed by atoms with E-state index in [9.17, 15) is 18.7 Å². The summed E-state index contributed by atoms with van der Waals surface area (Å²) in [4.78, 5) is 17.2. The Bertz CT molecular complexity index is 1190. The minimum Gasteiger partial charge on any atom is -0.496 e. The molecule has 2 saturated carbocycles. The van der Waals surface area contributed by atoms with Crippen LogP contribution < -0.4 is 14.8 Å². The number of pyridine rings is 1. The molecule has 9 heteroatoms. The summed E-state index contributed by atoms with van der Waals surface area (Å²) in [6, 6.07) is 6.73. The van der Waals surface area contributed by atoms with Gasteiger partial charge in [-0.25, -0.2) is 4.98 Å². The van der Waals surface area contributed by atoms with E-state index in [1.807, 2.05) is 12.1 Å². The Labute approximate surface area is 189 Å². The molecule has 1 amide bonds. The van der Waals surface area contributed by atoms with Crippen LogP contribution in [0.1, 0.15) is 54.1 Å². The van der Waals surface area contributed by atoms with Gasteiger partial charge in [0.1, 0.15) is 22.7 Å². The minimum absolute atomic E-state index is 0.0459. The molecule has 2 fully saturated rings. The fourth-order valence-corrected chi connectivity index (χ4v) is 4.22. The van der Waals surface area contributed by atoms with Crippen molar-refractivity contribution >= 4 is 11.6 Å². The molecule has 0 bridgehead atoms. The van der Waals surface area contributed by atoms with E-state index in [0.29, 0.717) is 16.9 Å². The van der Waals surface area contributed by atoms with Crippen LogP contribution in [0.4, 0.5) is 8.78 Å². The normalized spacial score (nSPS) is 17.1. The highest BCUT2D eigenvalue weighted by Gasteiger charge is 2.30. The molecule has 0 saturated heterocycles. The van der Waals surface area contributed by atoms with Gasteiger partial charge in [0, 0.05) is 17.8 Å². The number of ether oxygens (including phenoxy) is 2. The minimum atomic E-state index is -3.10. The first kappa shape index (κ1) is 21.6. The molecule has 0 aliphatic heterocycles. The number of hydrogen-bond acceptors (Lipinski definition) is 5. The fraction of sp³-hybridized carbons (Fsp3) is 0.417. The van der Waals surface area contributed by atoms with Gasteiger partial charge in [0.2, 0.25) is 0 Å². The van der Waals surface area contributed by atoms with E-state index < -0.39 is 18.6 Å². The van der Waals surface area contributed by atoms with Gasteiger partial charge < -0.3 is 19.9 Å². The van der Waals surface area contributed by atoms with Gasteiger partial charge in [0.15, 0.2) is 0 Å². The van der Waals surface area contributed by atoms with Gasteiger partial charge in [-0.2, -0.15) is 8.78 Å². The smallest absolute Gasteiger partial charge is 0.387 e. The van der Waals surface area contributed by atoms with Crippen LogP contribution in [-0.2, 0) is 0 Å². The van der Waals surface area contributed by atoms with Crippen molar-refractivity contribution in [3.8, 4) is 22.8 Å². The van der Waals surface area contributed by atoms with E-state index in [1.54, 1.807) is 22.9 Å². The summed E-state index contributed by atoms with van der Waals surface area (Å²) >= 11 is 0. The molecule has 1 unspecified atom stereocenters. The van der Waals surface area contributed by atoms with Gasteiger partial charge in [0.05, 0.1) is 25.1 Å². The lowest BCUT2D eigenvalue weighted by Gasteiger charge is -2.30. The second-order valence-corrected chi connectivity index (χ2v) is 8.65. The Morgan fingerprint density at radius 2 is 1.97 bits per heavy atom. The Kier molecular flexibility index (Phi) is 5.65. The van der Waals surface area contributed by atoms with Crippen molar-refractivity contribution in [2.75, 3.05) is 7.11 Å². The van der Waals surface area contributed by atoms with Crippen LogP contribution in [-0.4, -0.2) is 40.2 Å². The predicted octanol–water partition coefficient (Wildman–Crippen LogP) is 4.34. The Morgan fingerprint density at radius 1 is 1.21 bits per heavy atom. The number of carbonyl (C=O) groups is 1. The van der Waals surface area contributed by atoms with Gasteiger partial charge in [-0.3, -0.25) is 9.20 Å². The highest BCUT2D eigenvalue weighted by Crippen LogP contribution is 2.39. The Hall–Kier alpha value is -3.20. The van der Waals surface area contributed by atoms with Crippen molar-refractivity contribution in [1.29, 1.82) is 0 Å². The van der Waals surface area contributed by atoms with Crippen molar-refractivity contribution in [1.82, 2.24) is 14.7 Å². The third kappa shape index (κ3) is 4.25. The molecule has 3 aromatic rings. The number of aliphatic hydroxyl groups is 1. The largest absolute Gasteiger partial charge is 0.496 e. The first-order valence-electron chi connectivity index (χ1n) is 11.1. The zero-order valence-corrected chi connectivity index (χ0v) is 18.1. The van der Waals surface area contributed by atoms with E-state index >= 15 is 0 Å². The maximum Gasteiger partial charge on any atom is 0.387 e. The van der Waals surface area contributed by atoms with Gasteiger partial charge in [-0.05, 0) is 61.4 Å². The fourth-order valence-electron chi connectivity index (χ4n) is 4.22. The zero-order valence-electron chi connectivity index (χ0n) is 18.1. The molecule has 5 rings (SSSR count). The van der Waals surface area contributed by atoms with Crippen molar-refractivity contribution in [3.05, 3.63) is 47.8 Å². The zero-order chi connectivity index (χ0) is 23.1.